The molecule has 0 amide bonds. The lowest BCUT2D eigenvalue weighted by molar-refractivity contribution is -0.386. The number of hydrogen-bond acceptors (Lipinski definition) is 4. The summed E-state index contributed by atoms with van der Waals surface area (Å²) in [5.74, 6) is -1.25. The molecule has 0 aliphatic rings. The van der Waals surface area contributed by atoms with Crippen LogP contribution in [0.1, 0.15) is 18.1 Å². The van der Waals surface area contributed by atoms with Crippen LogP contribution < -0.4 is 0 Å². The fraction of sp³-hybridized carbons (Fsp3) is 0.222. The van der Waals surface area contributed by atoms with E-state index in [1.54, 1.807) is 0 Å². The molecule has 0 heterocycles. The zero-order valence-corrected chi connectivity index (χ0v) is 8.72. The van der Waals surface area contributed by atoms with Gasteiger partial charge in [0, 0.05) is 11.1 Å². The van der Waals surface area contributed by atoms with E-state index >= 15 is 0 Å². The minimum atomic E-state index is -1.45. The Hall–Kier alpha value is -1.66. The van der Waals surface area contributed by atoms with Gasteiger partial charge in [0.05, 0.1) is 23.0 Å². The van der Waals surface area contributed by atoms with E-state index in [-0.39, 0.29) is 16.3 Å². The summed E-state index contributed by atoms with van der Waals surface area (Å²) < 4.78 is 0. The Morgan fingerprint density at radius 1 is 1.56 bits per heavy atom. The fourth-order valence-electron chi connectivity index (χ4n) is 1.23. The molecule has 0 aliphatic heterocycles. The van der Waals surface area contributed by atoms with Gasteiger partial charge in [0.25, 0.3) is 5.69 Å². The number of nitro groups is 1. The molecule has 2 N–H and O–H groups in total. The number of nitro benzene ring substituents is 1. The summed E-state index contributed by atoms with van der Waals surface area (Å²) in [6.07, 6.45) is -2.06. The molecule has 0 radical (unpaired) electrons. The van der Waals surface area contributed by atoms with Crippen LogP contribution in [0, 0.1) is 10.1 Å². The summed E-state index contributed by atoms with van der Waals surface area (Å²) in [6, 6.07) is 3.62. The lowest BCUT2D eigenvalue weighted by Crippen LogP contribution is -2.07. The van der Waals surface area contributed by atoms with E-state index in [1.165, 1.54) is 12.1 Å². The van der Waals surface area contributed by atoms with Crippen LogP contribution in [0.4, 0.5) is 5.69 Å². The maximum Gasteiger partial charge on any atom is 0.306 e. The number of benzene rings is 1. The quantitative estimate of drug-likeness (QED) is 0.622. The molecule has 1 rings (SSSR count). The third-order valence-electron chi connectivity index (χ3n) is 1.91. The summed E-state index contributed by atoms with van der Waals surface area (Å²) in [6.45, 7) is 0. The van der Waals surface area contributed by atoms with Crippen molar-refractivity contribution in [3.05, 3.63) is 38.9 Å². The predicted molar refractivity (Wildman–Crippen MR) is 55.3 cm³/mol. The van der Waals surface area contributed by atoms with Crippen LogP contribution in [0.5, 0.6) is 0 Å². The SMILES string of the molecule is O=C(O)C[C@@H](O)c1cc(Cl)ccc1[N+](=O)[O-]. The molecule has 0 aromatic heterocycles. The Balaban J connectivity index is 3.13. The molecule has 0 bridgehead atoms. The first-order valence-corrected chi connectivity index (χ1v) is 4.63. The molecule has 0 saturated carbocycles. The fourth-order valence-corrected chi connectivity index (χ4v) is 1.41. The molecule has 0 fully saturated rings. The van der Waals surface area contributed by atoms with Gasteiger partial charge in [-0.15, -0.1) is 0 Å². The molecular formula is C9H8ClNO5. The number of carboxylic acid groups (broad SMARTS) is 1. The van der Waals surface area contributed by atoms with Crippen molar-refractivity contribution in [2.24, 2.45) is 0 Å². The maximum atomic E-state index is 10.6. The van der Waals surface area contributed by atoms with Gasteiger partial charge in [-0.05, 0) is 12.1 Å². The van der Waals surface area contributed by atoms with Crippen molar-refractivity contribution in [3.63, 3.8) is 0 Å². The zero-order valence-electron chi connectivity index (χ0n) is 7.96. The molecule has 0 aliphatic carbocycles. The Bertz CT molecular complexity index is 434. The van der Waals surface area contributed by atoms with Crippen LogP contribution in [-0.2, 0) is 4.79 Å². The van der Waals surface area contributed by atoms with Crippen molar-refractivity contribution < 1.29 is 19.9 Å². The van der Waals surface area contributed by atoms with Crippen molar-refractivity contribution in [2.45, 2.75) is 12.5 Å². The number of carboxylic acids is 1. The summed E-state index contributed by atoms with van der Waals surface area (Å²) in [5, 5.41) is 28.8. The van der Waals surface area contributed by atoms with Crippen LogP contribution in [0.3, 0.4) is 0 Å². The Labute approximate surface area is 95.2 Å². The second-order valence-electron chi connectivity index (χ2n) is 3.07. The third-order valence-corrected chi connectivity index (χ3v) is 2.15. The topological polar surface area (TPSA) is 101 Å². The molecule has 7 heteroatoms. The van der Waals surface area contributed by atoms with Gasteiger partial charge in [-0.1, -0.05) is 11.6 Å². The van der Waals surface area contributed by atoms with Crippen LogP contribution in [0.2, 0.25) is 5.02 Å². The Morgan fingerprint density at radius 2 is 2.19 bits per heavy atom. The number of aliphatic hydroxyl groups is 1. The molecule has 6 nitrogen and oxygen atoms in total. The minimum Gasteiger partial charge on any atom is -0.481 e. The van der Waals surface area contributed by atoms with Gasteiger partial charge in [0.1, 0.15) is 0 Å². The van der Waals surface area contributed by atoms with Gasteiger partial charge in [0.2, 0.25) is 0 Å². The number of rotatable bonds is 4. The van der Waals surface area contributed by atoms with Crippen molar-refractivity contribution >= 4 is 23.3 Å². The first-order chi connectivity index (χ1) is 7.41. The smallest absolute Gasteiger partial charge is 0.306 e. The molecular weight excluding hydrogens is 238 g/mol. The summed E-state index contributed by atoms with van der Waals surface area (Å²) >= 11 is 5.62. The molecule has 1 atom stereocenters. The molecule has 0 spiro atoms. The highest BCUT2D eigenvalue weighted by molar-refractivity contribution is 6.30. The average molecular weight is 246 g/mol. The molecule has 1 aromatic rings. The van der Waals surface area contributed by atoms with E-state index in [2.05, 4.69) is 0 Å². The molecule has 16 heavy (non-hydrogen) atoms. The van der Waals surface area contributed by atoms with E-state index in [1.807, 2.05) is 0 Å². The zero-order chi connectivity index (χ0) is 12.3. The normalized spacial score (nSPS) is 12.1. The van der Waals surface area contributed by atoms with Gasteiger partial charge in [-0.25, -0.2) is 0 Å². The van der Waals surface area contributed by atoms with Crippen LogP contribution in [-0.4, -0.2) is 21.1 Å². The van der Waals surface area contributed by atoms with Gasteiger partial charge >= 0.3 is 5.97 Å². The Kier molecular flexibility index (Phi) is 3.81. The number of carbonyl (C=O) groups is 1. The predicted octanol–water partition coefficient (Wildman–Crippen LogP) is 1.76. The summed E-state index contributed by atoms with van der Waals surface area (Å²) in [7, 11) is 0. The minimum absolute atomic E-state index is 0.0973. The molecule has 0 unspecified atom stereocenters. The molecule has 1 aromatic carbocycles. The van der Waals surface area contributed by atoms with E-state index in [0.29, 0.717) is 0 Å². The highest BCUT2D eigenvalue weighted by atomic mass is 35.5. The average Bonchev–Trinajstić information content (AvgIpc) is 2.15. The lowest BCUT2D eigenvalue weighted by Gasteiger charge is -2.08. The van der Waals surface area contributed by atoms with Crippen molar-refractivity contribution in [3.8, 4) is 0 Å². The summed E-state index contributed by atoms with van der Waals surface area (Å²) in [4.78, 5) is 20.3. The third kappa shape index (κ3) is 2.91. The van der Waals surface area contributed by atoms with Gasteiger partial charge < -0.3 is 10.2 Å². The number of halogens is 1. The number of nitrogens with zero attached hydrogens (tertiary/aromatic N) is 1. The van der Waals surface area contributed by atoms with Crippen molar-refractivity contribution in [1.29, 1.82) is 0 Å². The Morgan fingerprint density at radius 3 is 2.69 bits per heavy atom. The largest absolute Gasteiger partial charge is 0.481 e. The highest BCUT2D eigenvalue weighted by Crippen LogP contribution is 2.29. The van der Waals surface area contributed by atoms with Crippen LogP contribution >= 0.6 is 11.6 Å². The number of aliphatic carboxylic acids is 1. The summed E-state index contributed by atoms with van der Waals surface area (Å²) in [5.41, 5.74) is -0.446. The van der Waals surface area contributed by atoms with Crippen LogP contribution in [0.15, 0.2) is 18.2 Å². The highest BCUT2D eigenvalue weighted by Gasteiger charge is 2.22. The van der Waals surface area contributed by atoms with E-state index < -0.39 is 23.4 Å². The first-order valence-electron chi connectivity index (χ1n) is 4.25. The van der Waals surface area contributed by atoms with Gasteiger partial charge in [-0.2, -0.15) is 0 Å². The van der Waals surface area contributed by atoms with Crippen molar-refractivity contribution in [2.75, 3.05) is 0 Å². The van der Waals surface area contributed by atoms with E-state index in [0.717, 1.165) is 6.07 Å². The van der Waals surface area contributed by atoms with Crippen molar-refractivity contribution in [1.82, 2.24) is 0 Å². The van der Waals surface area contributed by atoms with E-state index in [9.17, 15) is 20.0 Å². The second-order valence-corrected chi connectivity index (χ2v) is 3.51. The number of hydrogen-bond donors (Lipinski definition) is 2. The lowest BCUT2D eigenvalue weighted by atomic mass is 10.0. The second kappa shape index (κ2) is 4.91. The van der Waals surface area contributed by atoms with E-state index in [4.69, 9.17) is 16.7 Å². The monoisotopic (exact) mass is 245 g/mol. The molecule has 0 saturated heterocycles. The van der Waals surface area contributed by atoms with Crippen LogP contribution in [0.25, 0.3) is 0 Å². The standard InChI is InChI=1S/C9H8ClNO5/c10-5-1-2-7(11(15)16)6(3-5)8(12)4-9(13)14/h1-3,8,12H,4H2,(H,13,14)/t8-/m1/s1. The maximum absolute atomic E-state index is 10.6. The molecule has 86 valence electrons. The van der Waals surface area contributed by atoms with Gasteiger partial charge in [0.15, 0.2) is 0 Å². The first kappa shape index (κ1) is 12.4. The number of aliphatic hydroxyl groups excluding tert-OH is 1. The van der Waals surface area contributed by atoms with Gasteiger partial charge in [-0.3, -0.25) is 14.9 Å².